The van der Waals surface area contributed by atoms with Crippen LogP contribution in [0.25, 0.3) is 0 Å². The fourth-order valence-corrected chi connectivity index (χ4v) is 1.17. The Morgan fingerprint density at radius 2 is 2.31 bits per heavy atom. The van der Waals surface area contributed by atoms with Gasteiger partial charge in [0.2, 0.25) is 0 Å². The first-order chi connectivity index (χ1) is 5.95. The standard InChI is InChI=1S/C6H9N5O2/c1-3-4(11(12)13)5(6(7)8)10(2)9-3/h1-2H3,(H3,7,8). The zero-order valence-corrected chi connectivity index (χ0v) is 7.24. The quantitative estimate of drug-likeness (QED) is 0.289. The number of hydrogen-bond acceptors (Lipinski definition) is 4. The number of nitrogens with zero attached hydrogens (tertiary/aromatic N) is 3. The molecular weight excluding hydrogens is 174 g/mol. The van der Waals surface area contributed by atoms with Crippen LogP contribution in [0.2, 0.25) is 0 Å². The Kier molecular flexibility index (Phi) is 2.01. The molecule has 0 aromatic carbocycles. The summed E-state index contributed by atoms with van der Waals surface area (Å²) in [7, 11) is 1.51. The van der Waals surface area contributed by atoms with Gasteiger partial charge < -0.3 is 5.73 Å². The second-order valence-corrected chi connectivity index (χ2v) is 2.58. The second kappa shape index (κ2) is 2.85. The SMILES string of the molecule is Cc1nn(C)c(C(=N)N)c1[N+](=O)[O-]. The van der Waals surface area contributed by atoms with Gasteiger partial charge >= 0.3 is 5.69 Å². The van der Waals surface area contributed by atoms with E-state index in [2.05, 4.69) is 5.10 Å². The van der Waals surface area contributed by atoms with Crippen molar-refractivity contribution in [3.05, 3.63) is 21.5 Å². The van der Waals surface area contributed by atoms with E-state index in [9.17, 15) is 10.1 Å². The fraction of sp³-hybridized carbons (Fsp3) is 0.333. The van der Waals surface area contributed by atoms with Gasteiger partial charge in [-0.15, -0.1) is 0 Å². The van der Waals surface area contributed by atoms with Gasteiger partial charge in [-0.1, -0.05) is 0 Å². The summed E-state index contributed by atoms with van der Waals surface area (Å²) in [4.78, 5) is 9.98. The first kappa shape index (κ1) is 9.17. The molecule has 0 spiro atoms. The van der Waals surface area contributed by atoms with Gasteiger partial charge in [0.1, 0.15) is 11.5 Å². The summed E-state index contributed by atoms with van der Waals surface area (Å²) in [5.74, 6) is -0.352. The first-order valence-corrected chi connectivity index (χ1v) is 3.47. The summed E-state index contributed by atoms with van der Waals surface area (Å²) in [5, 5.41) is 21.5. The van der Waals surface area contributed by atoms with E-state index in [-0.39, 0.29) is 22.9 Å². The molecule has 3 N–H and O–H groups in total. The predicted molar refractivity (Wildman–Crippen MR) is 45.6 cm³/mol. The van der Waals surface area contributed by atoms with Crippen molar-refractivity contribution in [3.8, 4) is 0 Å². The van der Waals surface area contributed by atoms with Crippen LogP contribution in [-0.2, 0) is 7.05 Å². The third kappa shape index (κ3) is 1.35. The van der Waals surface area contributed by atoms with Crippen LogP contribution in [0.4, 0.5) is 5.69 Å². The van der Waals surface area contributed by atoms with Gasteiger partial charge in [-0.25, -0.2) is 0 Å². The lowest BCUT2D eigenvalue weighted by molar-refractivity contribution is -0.385. The molecule has 0 bridgehead atoms. The second-order valence-electron chi connectivity index (χ2n) is 2.58. The molecule has 1 aromatic heterocycles. The van der Waals surface area contributed by atoms with Crippen LogP contribution >= 0.6 is 0 Å². The normalized spacial score (nSPS) is 10.0. The highest BCUT2D eigenvalue weighted by atomic mass is 16.6. The van der Waals surface area contributed by atoms with Crippen molar-refractivity contribution in [2.45, 2.75) is 6.92 Å². The maximum Gasteiger partial charge on any atom is 0.320 e. The molecule has 0 aliphatic rings. The summed E-state index contributed by atoms with van der Waals surface area (Å²) in [6.45, 7) is 1.50. The van der Waals surface area contributed by atoms with E-state index in [1.54, 1.807) is 0 Å². The predicted octanol–water partition coefficient (Wildman–Crippen LogP) is -0.0792. The molecule has 0 aliphatic heterocycles. The Bertz CT molecular complexity index is 346. The Hall–Kier alpha value is -1.92. The molecule has 0 radical (unpaired) electrons. The molecular formula is C6H9N5O2. The number of nitrogen functional groups attached to an aromatic ring is 1. The molecule has 13 heavy (non-hydrogen) atoms. The number of amidine groups is 1. The minimum atomic E-state index is -0.584. The van der Waals surface area contributed by atoms with Crippen molar-refractivity contribution in [2.75, 3.05) is 0 Å². The van der Waals surface area contributed by atoms with Gasteiger partial charge in [0, 0.05) is 7.05 Å². The van der Waals surface area contributed by atoms with Crippen LogP contribution in [0.3, 0.4) is 0 Å². The Morgan fingerprint density at radius 3 is 2.62 bits per heavy atom. The zero-order valence-electron chi connectivity index (χ0n) is 7.24. The molecule has 0 aliphatic carbocycles. The van der Waals surface area contributed by atoms with Crippen molar-refractivity contribution >= 4 is 11.5 Å². The third-order valence-corrected chi connectivity index (χ3v) is 1.63. The smallest absolute Gasteiger partial charge is 0.320 e. The van der Waals surface area contributed by atoms with Gasteiger partial charge in [0.15, 0.2) is 5.69 Å². The van der Waals surface area contributed by atoms with Gasteiger partial charge in [0.25, 0.3) is 0 Å². The molecule has 7 heteroatoms. The topological polar surface area (TPSA) is 111 Å². The minimum absolute atomic E-state index is 0.0440. The van der Waals surface area contributed by atoms with E-state index in [0.717, 1.165) is 0 Å². The number of nitrogens with two attached hydrogens (primary N) is 1. The molecule has 1 heterocycles. The molecule has 0 unspecified atom stereocenters. The lowest BCUT2D eigenvalue weighted by Gasteiger charge is -1.96. The van der Waals surface area contributed by atoms with Gasteiger partial charge in [-0.05, 0) is 6.92 Å². The molecule has 0 saturated heterocycles. The molecule has 1 aromatic rings. The average Bonchev–Trinajstić information content (AvgIpc) is 2.24. The highest BCUT2D eigenvalue weighted by Crippen LogP contribution is 2.21. The van der Waals surface area contributed by atoms with E-state index < -0.39 is 4.92 Å². The maximum absolute atomic E-state index is 10.6. The van der Waals surface area contributed by atoms with Crippen LogP contribution < -0.4 is 5.73 Å². The van der Waals surface area contributed by atoms with E-state index >= 15 is 0 Å². The summed E-state index contributed by atoms with van der Waals surface area (Å²) < 4.78 is 1.23. The molecule has 0 atom stereocenters. The van der Waals surface area contributed by atoms with Crippen LogP contribution in [0.5, 0.6) is 0 Å². The van der Waals surface area contributed by atoms with Crippen LogP contribution in [0, 0.1) is 22.4 Å². The number of aromatic nitrogens is 2. The van der Waals surface area contributed by atoms with Gasteiger partial charge in [-0.2, -0.15) is 5.10 Å². The van der Waals surface area contributed by atoms with Crippen molar-refractivity contribution in [3.63, 3.8) is 0 Å². The lowest BCUT2D eigenvalue weighted by atomic mass is 10.3. The molecule has 1 rings (SSSR count). The Balaban J connectivity index is 3.47. The molecule has 0 fully saturated rings. The van der Waals surface area contributed by atoms with E-state index in [1.165, 1.54) is 18.7 Å². The van der Waals surface area contributed by atoms with Gasteiger partial charge in [-0.3, -0.25) is 20.2 Å². The van der Waals surface area contributed by atoms with Crippen LogP contribution in [-0.4, -0.2) is 20.5 Å². The van der Waals surface area contributed by atoms with Crippen molar-refractivity contribution in [1.82, 2.24) is 9.78 Å². The Morgan fingerprint density at radius 1 is 1.77 bits per heavy atom. The fourth-order valence-electron chi connectivity index (χ4n) is 1.17. The zero-order chi connectivity index (χ0) is 10.2. The summed E-state index contributed by atoms with van der Waals surface area (Å²) in [6.07, 6.45) is 0. The lowest BCUT2D eigenvalue weighted by Crippen LogP contribution is -2.17. The molecule has 0 saturated carbocycles. The van der Waals surface area contributed by atoms with E-state index in [0.29, 0.717) is 0 Å². The van der Waals surface area contributed by atoms with Crippen molar-refractivity contribution in [1.29, 1.82) is 5.41 Å². The number of nitrogens with one attached hydrogen (secondary N) is 1. The highest BCUT2D eigenvalue weighted by molar-refractivity contribution is 5.97. The number of nitro groups is 1. The number of rotatable bonds is 2. The highest BCUT2D eigenvalue weighted by Gasteiger charge is 2.25. The number of hydrogen-bond donors (Lipinski definition) is 2. The average molecular weight is 183 g/mol. The van der Waals surface area contributed by atoms with Crippen molar-refractivity contribution < 1.29 is 4.92 Å². The summed E-state index contributed by atoms with van der Waals surface area (Å²) >= 11 is 0. The molecule has 70 valence electrons. The van der Waals surface area contributed by atoms with Crippen molar-refractivity contribution in [2.24, 2.45) is 12.8 Å². The van der Waals surface area contributed by atoms with Crippen LogP contribution in [0.1, 0.15) is 11.4 Å². The maximum atomic E-state index is 10.6. The number of aryl methyl sites for hydroxylation is 2. The third-order valence-electron chi connectivity index (χ3n) is 1.63. The van der Waals surface area contributed by atoms with E-state index in [1.807, 2.05) is 0 Å². The first-order valence-electron chi connectivity index (χ1n) is 3.47. The monoisotopic (exact) mass is 183 g/mol. The Labute approximate surface area is 73.8 Å². The van der Waals surface area contributed by atoms with Crippen LogP contribution in [0.15, 0.2) is 0 Å². The largest absolute Gasteiger partial charge is 0.382 e. The van der Waals surface area contributed by atoms with Gasteiger partial charge in [0.05, 0.1) is 4.92 Å². The van der Waals surface area contributed by atoms with E-state index in [4.69, 9.17) is 11.1 Å². The summed E-state index contributed by atoms with van der Waals surface area (Å²) in [6, 6.07) is 0. The minimum Gasteiger partial charge on any atom is -0.382 e. The molecule has 7 nitrogen and oxygen atoms in total. The summed E-state index contributed by atoms with van der Waals surface area (Å²) in [5.41, 5.74) is 5.29. The molecule has 0 amide bonds.